The zero-order chi connectivity index (χ0) is 11.0. The van der Waals surface area contributed by atoms with Crippen LogP contribution in [-0.2, 0) is 13.0 Å². The smallest absolute Gasteiger partial charge is 0.134 e. The summed E-state index contributed by atoms with van der Waals surface area (Å²) in [6.07, 6.45) is 0.927. The molecule has 3 heteroatoms. The van der Waals surface area contributed by atoms with Gasteiger partial charge < -0.3 is 9.73 Å². The Labute approximate surface area is 93.1 Å². The summed E-state index contributed by atoms with van der Waals surface area (Å²) in [5, 5.41) is 3.29. The summed E-state index contributed by atoms with van der Waals surface area (Å²) in [6.45, 7) is 1.82. The van der Waals surface area contributed by atoms with E-state index in [1.165, 1.54) is 17.7 Å². The maximum absolute atomic E-state index is 12.8. The Hall–Kier alpha value is -1.61. The van der Waals surface area contributed by atoms with Crippen LogP contribution in [0.3, 0.4) is 0 Å². The minimum Gasteiger partial charge on any atom is -0.461 e. The molecule has 1 aliphatic rings. The normalized spacial score (nSPS) is 14.8. The standard InChI is InChI=1S/C13H12FNO/c14-11-3-1-9(2-4-11)13-7-10-8-15-6-5-12(10)16-13/h1-4,7,15H,5-6,8H2. The van der Waals surface area contributed by atoms with Gasteiger partial charge in [-0.25, -0.2) is 4.39 Å². The first kappa shape index (κ1) is 9.60. The second kappa shape index (κ2) is 3.76. The van der Waals surface area contributed by atoms with Crippen molar-refractivity contribution in [3.8, 4) is 11.3 Å². The first-order valence-corrected chi connectivity index (χ1v) is 5.41. The van der Waals surface area contributed by atoms with E-state index in [0.717, 1.165) is 36.6 Å². The fraction of sp³-hybridized carbons (Fsp3) is 0.231. The largest absolute Gasteiger partial charge is 0.461 e. The summed E-state index contributed by atoms with van der Waals surface area (Å²) in [7, 11) is 0. The molecule has 0 fully saturated rings. The van der Waals surface area contributed by atoms with Crippen LogP contribution in [0.15, 0.2) is 34.7 Å². The van der Waals surface area contributed by atoms with Gasteiger partial charge in [-0.2, -0.15) is 0 Å². The van der Waals surface area contributed by atoms with Gasteiger partial charge in [0.05, 0.1) is 0 Å². The Morgan fingerprint density at radius 3 is 2.75 bits per heavy atom. The molecule has 0 saturated heterocycles. The molecule has 2 heterocycles. The summed E-state index contributed by atoms with van der Waals surface area (Å²) in [4.78, 5) is 0. The van der Waals surface area contributed by atoms with E-state index in [-0.39, 0.29) is 5.82 Å². The second-order valence-corrected chi connectivity index (χ2v) is 3.99. The SMILES string of the molecule is Fc1ccc(-c2cc3c(o2)CCNC3)cc1. The lowest BCUT2D eigenvalue weighted by atomic mass is 10.1. The maximum Gasteiger partial charge on any atom is 0.134 e. The second-order valence-electron chi connectivity index (χ2n) is 3.99. The van der Waals surface area contributed by atoms with Gasteiger partial charge in [0.1, 0.15) is 17.3 Å². The van der Waals surface area contributed by atoms with Gasteiger partial charge in [-0.1, -0.05) is 0 Å². The van der Waals surface area contributed by atoms with Crippen molar-refractivity contribution in [2.75, 3.05) is 6.54 Å². The highest BCUT2D eigenvalue weighted by atomic mass is 19.1. The lowest BCUT2D eigenvalue weighted by Gasteiger charge is -2.09. The molecule has 0 amide bonds. The summed E-state index contributed by atoms with van der Waals surface area (Å²) in [5.74, 6) is 1.66. The van der Waals surface area contributed by atoms with Crippen LogP contribution in [0.2, 0.25) is 0 Å². The van der Waals surface area contributed by atoms with E-state index in [1.54, 1.807) is 12.1 Å². The number of nitrogens with one attached hydrogen (secondary N) is 1. The molecular formula is C13H12FNO. The zero-order valence-corrected chi connectivity index (χ0v) is 8.79. The third kappa shape index (κ3) is 1.63. The number of halogens is 1. The number of hydrogen-bond acceptors (Lipinski definition) is 2. The third-order valence-corrected chi connectivity index (χ3v) is 2.87. The molecule has 0 radical (unpaired) electrons. The molecular weight excluding hydrogens is 205 g/mol. The number of benzene rings is 1. The lowest BCUT2D eigenvalue weighted by Crippen LogP contribution is -2.22. The topological polar surface area (TPSA) is 25.2 Å². The molecule has 0 atom stereocenters. The monoisotopic (exact) mass is 217 g/mol. The predicted octanol–water partition coefficient (Wildman–Crippen LogP) is 2.73. The van der Waals surface area contributed by atoms with Crippen LogP contribution in [0.25, 0.3) is 11.3 Å². The van der Waals surface area contributed by atoms with Crippen molar-refractivity contribution in [3.63, 3.8) is 0 Å². The van der Waals surface area contributed by atoms with E-state index < -0.39 is 0 Å². The van der Waals surface area contributed by atoms with Crippen LogP contribution in [0.1, 0.15) is 11.3 Å². The van der Waals surface area contributed by atoms with Crippen LogP contribution in [0.4, 0.5) is 4.39 Å². The molecule has 1 aromatic carbocycles. The minimum absolute atomic E-state index is 0.221. The number of fused-ring (bicyclic) bond motifs is 1. The summed E-state index contributed by atoms with van der Waals surface area (Å²) in [6, 6.07) is 8.43. The van der Waals surface area contributed by atoms with Crippen LogP contribution < -0.4 is 5.32 Å². The van der Waals surface area contributed by atoms with Crippen LogP contribution in [0, 0.1) is 5.82 Å². The van der Waals surface area contributed by atoms with Gasteiger partial charge in [0.2, 0.25) is 0 Å². The Bertz CT molecular complexity index is 478. The number of furan rings is 1. The Morgan fingerprint density at radius 2 is 2.00 bits per heavy atom. The first-order chi connectivity index (χ1) is 7.83. The number of rotatable bonds is 1. The Morgan fingerprint density at radius 1 is 1.19 bits per heavy atom. The van der Waals surface area contributed by atoms with Gasteiger partial charge in [-0.3, -0.25) is 0 Å². The molecule has 1 aromatic heterocycles. The van der Waals surface area contributed by atoms with Gasteiger partial charge >= 0.3 is 0 Å². The van der Waals surface area contributed by atoms with Gasteiger partial charge in [-0.05, 0) is 30.3 Å². The van der Waals surface area contributed by atoms with Crippen LogP contribution in [0.5, 0.6) is 0 Å². The first-order valence-electron chi connectivity index (χ1n) is 5.41. The summed E-state index contributed by atoms with van der Waals surface area (Å²) in [5.41, 5.74) is 2.14. The van der Waals surface area contributed by atoms with Crippen molar-refractivity contribution in [1.29, 1.82) is 0 Å². The van der Waals surface area contributed by atoms with Crippen molar-refractivity contribution in [2.45, 2.75) is 13.0 Å². The average Bonchev–Trinajstić information content (AvgIpc) is 2.73. The molecule has 16 heavy (non-hydrogen) atoms. The van der Waals surface area contributed by atoms with Crippen molar-refractivity contribution in [2.24, 2.45) is 0 Å². The molecule has 0 spiro atoms. The quantitative estimate of drug-likeness (QED) is 0.794. The molecule has 0 bridgehead atoms. The van der Waals surface area contributed by atoms with Crippen LogP contribution >= 0.6 is 0 Å². The van der Waals surface area contributed by atoms with E-state index in [0.29, 0.717) is 0 Å². The van der Waals surface area contributed by atoms with Crippen molar-refractivity contribution in [1.82, 2.24) is 5.32 Å². The van der Waals surface area contributed by atoms with E-state index in [9.17, 15) is 4.39 Å². The third-order valence-electron chi connectivity index (χ3n) is 2.87. The zero-order valence-electron chi connectivity index (χ0n) is 8.79. The fourth-order valence-electron chi connectivity index (χ4n) is 2.01. The van der Waals surface area contributed by atoms with Crippen molar-refractivity contribution >= 4 is 0 Å². The predicted molar refractivity (Wildman–Crippen MR) is 59.5 cm³/mol. The van der Waals surface area contributed by atoms with Gasteiger partial charge in [0.25, 0.3) is 0 Å². The fourth-order valence-corrected chi connectivity index (χ4v) is 2.01. The van der Waals surface area contributed by atoms with E-state index in [4.69, 9.17) is 4.42 Å². The molecule has 1 aliphatic heterocycles. The highest BCUT2D eigenvalue weighted by molar-refractivity contribution is 5.59. The van der Waals surface area contributed by atoms with E-state index >= 15 is 0 Å². The summed E-state index contributed by atoms with van der Waals surface area (Å²) >= 11 is 0. The Balaban J connectivity index is 2.00. The van der Waals surface area contributed by atoms with Crippen molar-refractivity contribution in [3.05, 3.63) is 47.5 Å². The van der Waals surface area contributed by atoms with Crippen molar-refractivity contribution < 1.29 is 8.81 Å². The number of hydrogen-bond donors (Lipinski definition) is 1. The van der Waals surface area contributed by atoms with Gasteiger partial charge in [0, 0.05) is 30.6 Å². The molecule has 3 rings (SSSR count). The molecule has 0 saturated carbocycles. The van der Waals surface area contributed by atoms with Gasteiger partial charge in [0.15, 0.2) is 0 Å². The summed E-state index contributed by atoms with van der Waals surface area (Å²) < 4.78 is 18.6. The molecule has 2 aromatic rings. The maximum atomic E-state index is 12.8. The van der Waals surface area contributed by atoms with E-state index in [2.05, 4.69) is 5.32 Å². The lowest BCUT2D eigenvalue weighted by molar-refractivity contribution is 0.483. The highest BCUT2D eigenvalue weighted by Gasteiger charge is 2.15. The Kier molecular flexibility index (Phi) is 2.26. The highest BCUT2D eigenvalue weighted by Crippen LogP contribution is 2.27. The minimum atomic E-state index is -0.221. The molecule has 2 nitrogen and oxygen atoms in total. The van der Waals surface area contributed by atoms with Crippen LogP contribution in [-0.4, -0.2) is 6.54 Å². The van der Waals surface area contributed by atoms with Gasteiger partial charge in [-0.15, -0.1) is 0 Å². The molecule has 0 unspecified atom stereocenters. The molecule has 1 N–H and O–H groups in total. The molecule has 82 valence electrons. The van der Waals surface area contributed by atoms with E-state index in [1.807, 2.05) is 6.07 Å². The average molecular weight is 217 g/mol. The molecule has 0 aliphatic carbocycles.